The molecule has 0 aliphatic carbocycles. The lowest BCUT2D eigenvalue weighted by atomic mass is 10.2. The Morgan fingerprint density at radius 1 is 1.18 bits per heavy atom. The standard InChI is InChI=1S/C16H18N2O3S/c1-3-13(16(20)21-2)17-11-6-8-12(9-7-11)18-15(19)14-5-4-10-22-14/h4-10,13,17H,3H2,1-2H3,(H,18,19)/t13-/m1/s1. The molecule has 1 aromatic carbocycles. The number of carbonyl (C=O) groups is 2. The number of thiophene rings is 1. The Kier molecular flexibility index (Phi) is 5.55. The molecule has 0 radical (unpaired) electrons. The van der Waals surface area contributed by atoms with Crippen molar-refractivity contribution in [1.82, 2.24) is 0 Å². The highest BCUT2D eigenvalue weighted by Crippen LogP contribution is 2.17. The van der Waals surface area contributed by atoms with Crippen LogP contribution in [-0.4, -0.2) is 25.0 Å². The maximum absolute atomic E-state index is 11.9. The van der Waals surface area contributed by atoms with Gasteiger partial charge in [-0.25, -0.2) is 4.79 Å². The zero-order chi connectivity index (χ0) is 15.9. The first-order chi connectivity index (χ1) is 10.6. The van der Waals surface area contributed by atoms with Crippen molar-refractivity contribution < 1.29 is 14.3 Å². The molecular weight excluding hydrogens is 300 g/mol. The van der Waals surface area contributed by atoms with Crippen molar-refractivity contribution in [2.75, 3.05) is 17.7 Å². The minimum Gasteiger partial charge on any atom is -0.467 e. The largest absolute Gasteiger partial charge is 0.467 e. The van der Waals surface area contributed by atoms with Gasteiger partial charge in [-0.3, -0.25) is 4.79 Å². The number of hydrogen-bond donors (Lipinski definition) is 2. The second-order valence-electron chi connectivity index (χ2n) is 4.64. The molecule has 0 fully saturated rings. The summed E-state index contributed by atoms with van der Waals surface area (Å²) in [5.41, 5.74) is 1.50. The van der Waals surface area contributed by atoms with E-state index in [1.807, 2.05) is 30.5 Å². The zero-order valence-electron chi connectivity index (χ0n) is 12.5. The number of nitrogens with one attached hydrogen (secondary N) is 2. The van der Waals surface area contributed by atoms with Gasteiger partial charge in [0.1, 0.15) is 6.04 Å². The van der Waals surface area contributed by atoms with E-state index in [0.29, 0.717) is 17.0 Å². The Hall–Kier alpha value is -2.34. The van der Waals surface area contributed by atoms with E-state index in [1.165, 1.54) is 18.4 Å². The molecule has 2 rings (SSSR count). The number of amides is 1. The Balaban J connectivity index is 1.98. The van der Waals surface area contributed by atoms with Crippen LogP contribution in [-0.2, 0) is 9.53 Å². The van der Waals surface area contributed by atoms with Crippen molar-refractivity contribution in [3.05, 3.63) is 46.7 Å². The Bertz CT molecular complexity index is 623. The van der Waals surface area contributed by atoms with Crippen LogP contribution in [0.25, 0.3) is 0 Å². The van der Waals surface area contributed by atoms with Crippen molar-refractivity contribution in [3.8, 4) is 0 Å². The van der Waals surface area contributed by atoms with Gasteiger partial charge in [0.15, 0.2) is 0 Å². The van der Waals surface area contributed by atoms with E-state index in [4.69, 9.17) is 4.74 Å². The van der Waals surface area contributed by atoms with Crippen LogP contribution in [0.2, 0.25) is 0 Å². The molecule has 0 unspecified atom stereocenters. The van der Waals surface area contributed by atoms with Crippen LogP contribution < -0.4 is 10.6 Å². The molecule has 2 aromatic rings. The molecule has 0 saturated carbocycles. The first-order valence-corrected chi connectivity index (χ1v) is 7.81. The van der Waals surface area contributed by atoms with Crippen LogP contribution in [0.5, 0.6) is 0 Å². The molecule has 0 aliphatic rings. The van der Waals surface area contributed by atoms with E-state index in [-0.39, 0.29) is 17.9 Å². The first-order valence-electron chi connectivity index (χ1n) is 6.93. The average Bonchev–Trinajstić information content (AvgIpc) is 3.08. The van der Waals surface area contributed by atoms with Gasteiger partial charge in [-0.05, 0) is 42.1 Å². The fourth-order valence-electron chi connectivity index (χ4n) is 1.92. The fourth-order valence-corrected chi connectivity index (χ4v) is 2.54. The molecule has 6 heteroatoms. The number of rotatable bonds is 6. The van der Waals surface area contributed by atoms with E-state index in [1.54, 1.807) is 18.2 Å². The highest BCUT2D eigenvalue weighted by atomic mass is 32.1. The van der Waals surface area contributed by atoms with E-state index in [2.05, 4.69) is 10.6 Å². The van der Waals surface area contributed by atoms with Crippen molar-refractivity contribution in [2.45, 2.75) is 19.4 Å². The molecule has 2 N–H and O–H groups in total. The zero-order valence-corrected chi connectivity index (χ0v) is 13.3. The topological polar surface area (TPSA) is 67.4 Å². The summed E-state index contributed by atoms with van der Waals surface area (Å²) in [5.74, 6) is -0.422. The van der Waals surface area contributed by atoms with Crippen LogP contribution in [0.15, 0.2) is 41.8 Å². The molecule has 0 aliphatic heterocycles. The van der Waals surface area contributed by atoms with Crippen molar-refractivity contribution in [3.63, 3.8) is 0 Å². The Morgan fingerprint density at radius 3 is 2.41 bits per heavy atom. The van der Waals surface area contributed by atoms with E-state index >= 15 is 0 Å². The quantitative estimate of drug-likeness (QED) is 0.801. The third-order valence-corrected chi connectivity index (χ3v) is 3.99. The van der Waals surface area contributed by atoms with Gasteiger partial charge in [0, 0.05) is 11.4 Å². The summed E-state index contributed by atoms with van der Waals surface area (Å²) in [6.07, 6.45) is 0.629. The number of anilines is 2. The molecule has 1 aromatic heterocycles. The fraction of sp³-hybridized carbons (Fsp3) is 0.250. The number of carbonyl (C=O) groups excluding carboxylic acids is 2. The second kappa shape index (κ2) is 7.61. The van der Waals surface area contributed by atoms with Crippen LogP contribution in [0.3, 0.4) is 0 Å². The van der Waals surface area contributed by atoms with Gasteiger partial charge < -0.3 is 15.4 Å². The van der Waals surface area contributed by atoms with Gasteiger partial charge in [-0.1, -0.05) is 13.0 Å². The molecule has 0 bridgehead atoms. The predicted octanol–water partition coefficient (Wildman–Crippen LogP) is 3.36. The molecule has 1 amide bonds. The van der Waals surface area contributed by atoms with Gasteiger partial charge in [0.2, 0.25) is 0 Å². The smallest absolute Gasteiger partial charge is 0.328 e. The summed E-state index contributed by atoms with van der Waals surface area (Å²) in [6, 6.07) is 10.4. The molecule has 1 atom stereocenters. The summed E-state index contributed by atoms with van der Waals surface area (Å²) in [6.45, 7) is 1.91. The van der Waals surface area contributed by atoms with Gasteiger partial charge >= 0.3 is 5.97 Å². The van der Waals surface area contributed by atoms with E-state index < -0.39 is 0 Å². The van der Waals surface area contributed by atoms with Crippen molar-refractivity contribution >= 4 is 34.6 Å². The van der Waals surface area contributed by atoms with Crippen LogP contribution in [0.4, 0.5) is 11.4 Å². The maximum atomic E-state index is 11.9. The highest BCUT2D eigenvalue weighted by Gasteiger charge is 2.16. The molecule has 1 heterocycles. The predicted molar refractivity (Wildman–Crippen MR) is 88.4 cm³/mol. The van der Waals surface area contributed by atoms with Crippen LogP contribution in [0.1, 0.15) is 23.0 Å². The summed E-state index contributed by atoms with van der Waals surface area (Å²) >= 11 is 1.39. The lowest BCUT2D eigenvalue weighted by molar-refractivity contribution is -0.141. The summed E-state index contributed by atoms with van der Waals surface area (Å²) in [7, 11) is 1.37. The molecule has 0 spiro atoms. The lowest BCUT2D eigenvalue weighted by Gasteiger charge is -2.16. The van der Waals surface area contributed by atoms with Gasteiger partial charge in [0.25, 0.3) is 5.91 Å². The van der Waals surface area contributed by atoms with Crippen LogP contribution >= 0.6 is 11.3 Å². The summed E-state index contributed by atoms with van der Waals surface area (Å²) in [4.78, 5) is 24.2. The third-order valence-electron chi connectivity index (χ3n) is 3.12. The minimum atomic E-state index is -0.378. The summed E-state index contributed by atoms with van der Waals surface area (Å²) in [5, 5.41) is 7.79. The monoisotopic (exact) mass is 318 g/mol. The maximum Gasteiger partial charge on any atom is 0.328 e. The average molecular weight is 318 g/mol. The summed E-state index contributed by atoms with van der Waals surface area (Å²) < 4.78 is 4.74. The molecule has 0 saturated heterocycles. The second-order valence-corrected chi connectivity index (χ2v) is 5.58. The van der Waals surface area contributed by atoms with Crippen molar-refractivity contribution in [1.29, 1.82) is 0 Å². The molecule has 5 nitrogen and oxygen atoms in total. The van der Waals surface area contributed by atoms with Gasteiger partial charge in [-0.15, -0.1) is 11.3 Å². The lowest BCUT2D eigenvalue weighted by Crippen LogP contribution is -2.29. The van der Waals surface area contributed by atoms with Crippen LogP contribution in [0, 0.1) is 0 Å². The van der Waals surface area contributed by atoms with E-state index in [0.717, 1.165) is 5.69 Å². The highest BCUT2D eigenvalue weighted by molar-refractivity contribution is 7.12. The third kappa shape index (κ3) is 4.08. The molecule has 22 heavy (non-hydrogen) atoms. The number of methoxy groups -OCH3 is 1. The SMILES string of the molecule is CC[C@@H](Nc1ccc(NC(=O)c2cccs2)cc1)C(=O)OC. The number of benzene rings is 1. The first kappa shape index (κ1) is 16.0. The number of hydrogen-bond acceptors (Lipinski definition) is 5. The number of ether oxygens (including phenoxy) is 1. The Morgan fingerprint density at radius 2 is 1.86 bits per heavy atom. The van der Waals surface area contributed by atoms with E-state index in [9.17, 15) is 9.59 Å². The molecular formula is C16H18N2O3S. The minimum absolute atomic E-state index is 0.128. The van der Waals surface area contributed by atoms with Gasteiger partial charge in [-0.2, -0.15) is 0 Å². The molecule has 116 valence electrons. The van der Waals surface area contributed by atoms with Gasteiger partial charge in [0.05, 0.1) is 12.0 Å². The normalized spacial score (nSPS) is 11.5. The van der Waals surface area contributed by atoms with Crippen molar-refractivity contribution in [2.24, 2.45) is 0 Å². The Labute approximate surface area is 133 Å². The number of esters is 1.